The summed E-state index contributed by atoms with van der Waals surface area (Å²) in [5, 5.41) is 6.71. The first-order chi connectivity index (χ1) is 21.9. The monoisotopic (exact) mass is 720 g/mol. The predicted octanol–water partition coefficient (Wildman–Crippen LogP) is 7.94. The fourth-order valence-corrected chi connectivity index (χ4v) is 6.74. The van der Waals surface area contributed by atoms with Crippen LogP contribution in [-0.4, -0.2) is 49.5 Å². The second kappa shape index (κ2) is 12.7. The predicted molar refractivity (Wildman–Crippen MR) is 162 cm³/mol. The summed E-state index contributed by atoms with van der Waals surface area (Å²) < 4.78 is 108. The van der Waals surface area contributed by atoms with Crippen LogP contribution in [0.1, 0.15) is 36.7 Å². The number of nitrogens with zero attached hydrogens (tertiary/aromatic N) is 3. The Morgan fingerprint density at radius 1 is 0.979 bits per heavy atom. The van der Waals surface area contributed by atoms with Crippen molar-refractivity contribution in [1.29, 1.82) is 0 Å². The van der Waals surface area contributed by atoms with Crippen molar-refractivity contribution in [2.24, 2.45) is 0 Å². The zero-order chi connectivity index (χ0) is 34.4. The first kappa shape index (κ1) is 34.5. The standard InChI is InChI=1S/C30H24Cl2F6N4O4S/c1-2-47(44,45)21-9-7-20(8-10-21)42(16-29(33,34)35)15-24(43)39-19-13-22(31)25(23(32)14-19)28(11-12-28)27-40-26(46-41-27)17-3-5-18(6-4-17)30(36,37)38/h3-10,13-14H,2,11-12,15-16H2,1H3,(H,39,43). The minimum Gasteiger partial charge on any atom is -0.353 e. The Labute approximate surface area is 274 Å². The number of hydrogen-bond donors (Lipinski definition) is 1. The van der Waals surface area contributed by atoms with Gasteiger partial charge in [0.2, 0.25) is 5.91 Å². The van der Waals surface area contributed by atoms with Gasteiger partial charge in [-0.25, -0.2) is 8.42 Å². The third kappa shape index (κ3) is 7.68. The number of alkyl halides is 6. The molecule has 47 heavy (non-hydrogen) atoms. The van der Waals surface area contributed by atoms with Crippen LogP contribution in [0, 0.1) is 0 Å². The summed E-state index contributed by atoms with van der Waals surface area (Å²) in [6.07, 6.45) is -8.17. The van der Waals surface area contributed by atoms with Gasteiger partial charge in [-0.15, -0.1) is 0 Å². The van der Waals surface area contributed by atoms with Crippen LogP contribution in [0.4, 0.5) is 37.7 Å². The van der Waals surface area contributed by atoms with Crippen LogP contribution < -0.4 is 10.2 Å². The van der Waals surface area contributed by atoms with E-state index in [2.05, 4.69) is 15.5 Å². The van der Waals surface area contributed by atoms with Crippen molar-refractivity contribution in [2.45, 2.75) is 42.4 Å². The van der Waals surface area contributed by atoms with E-state index in [-0.39, 0.29) is 49.3 Å². The number of sulfone groups is 1. The molecule has 250 valence electrons. The fraction of sp³-hybridized carbons (Fsp3) is 0.300. The summed E-state index contributed by atoms with van der Waals surface area (Å²) in [6, 6.07) is 11.7. The molecule has 3 aromatic carbocycles. The van der Waals surface area contributed by atoms with Crippen LogP contribution in [0.15, 0.2) is 70.1 Å². The molecule has 1 saturated carbocycles. The Morgan fingerprint density at radius 2 is 1.57 bits per heavy atom. The van der Waals surface area contributed by atoms with Gasteiger partial charge in [0, 0.05) is 32.5 Å². The lowest BCUT2D eigenvalue weighted by Gasteiger charge is -2.26. The number of amides is 1. The van der Waals surface area contributed by atoms with Crippen molar-refractivity contribution in [3.63, 3.8) is 0 Å². The van der Waals surface area contributed by atoms with Gasteiger partial charge in [-0.3, -0.25) is 4.79 Å². The van der Waals surface area contributed by atoms with Crippen molar-refractivity contribution < 1.29 is 44.1 Å². The molecule has 5 rings (SSSR count). The van der Waals surface area contributed by atoms with Crippen LogP contribution in [0.25, 0.3) is 11.5 Å². The summed E-state index contributed by atoms with van der Waals surface area (Å²) in [7, 11) is -3.59. The van der Waals surface area contributed by atoms with Gasteiger partial charge in [0.15, 0.2) is 15.7 Å². The van der Waals surface area contributed by atoms with Crippen LogP contribution in [0.3, 0.4) is 0 Å². The van der Waals surface area contributed by atoms with Gasteiger partial charge in [-0.2, -0.15) is 31.3 Å². The highest BCUT2D eigenvalue weighted by Crippen LogP contribution is 2.57. The lowest BCUT2D eigenvalue weighted by Crippen LogP contribution is -2.39. The van der Waals surface area contributed by atoms with E-state index in [0.717, 1.165) is 17.0 Å². The van der Waals surface area contributed by atoms with E-state index in [9.17, 15) is 39.6 Å². The molecule has 0 atom stereocenters. The van der Waals surface area contributed by atoms with Gasteiger partial charge in [-0.05, 0) is 73.5 Å². The third-order valence-electron chi connectivity index (χ3n) is 7.51. The Bertz CT molecular complexity index is 1870. The highest BCUT2D eigenvalue weighted by molar-refractivity contribution is 7.91. The van der Waals surface area contributed by atoms with E-state index in [1.165, 1.54) is 55.5 Å². The van der Waals surface area contributed by atoms with Gasteiger partial charge in [0.05, 0.1) is 28.2 Å². The fourth-order valence-electron chi connectivity index (χ4n) is 5.01. The van der Waals surface area contributed by atoms with Crippen LogP contribution in [0.5, 0.6) is 0 Å². The van der Waals surface area contributed by atoms with E-state index in [0.29, 0.717) is 18.4 Å². The molecule has 0 spiro atoms. The van der Waals surface area contributed by atoms with Gasteiger partial charge in [0.25, 0.3) is 5.89 Å². The maximum atomic E-state index is 13.4. The number of carbonyl (C=O) groups excluding carboxylic acids is 1. The zero-order valence-electron chi connectivity index (χ0n) is 24.2. The van der Waals surface area contributed by atoms with E-state index in [4.69, 9.17) is 27.7 Å². The van der Waals surface area contributed by atoms with Crippen LogP contribution >= 0.6 is 23.2 Å². The molecular formula is C30H24Cl2F6N4O4S. The second-order valence-corrected chi connectivity index (χ2v) is 13.9. The SMILES string of the molecule is CCS(=O)(=O)c1ccc(N(CC(=O)Nc2cc(Cl)c(C3(c4noc(-c5ccc(C(F)(F)F)cc5)n4)CC3)c(Cl)c2)CC(F)(F)F)cc1. The van der Waals surface area contributed by atoms with Crippen molar-refractivity contribution in [3.05, 3.63) is 87.7 Å². The molecule has 8 nitrogen and oxygen atoms in total. The normalized spacial score (nSPS) is 14.6. The van der Waals surface area contributed by atoms with Gasteiger partial charge in [0.1, 0.15) is 6.54 Å². The second-order valence-electron chi connectivity index (χ2n) is 10.8. The molecule has 0 aliphatic heterocycles. The number of rotatable bonds is 10. The first-order valence-corrected chi connectivity index (χ1v) is 16.3. The lowest BCUT2D eigenvalue weighted by atomic mass is 9.94. The Balaban J connectivity index is 1.33. The molecule has 1 heterocycles. The van der Waals surface area contributed by atoms with E-state index >= 15 is 0 Å². The number of hydrogen-bond acceptors (Lipinski definition) is 7. The van der Waals surface area contributed by atoms with Crippen molar-refractivity contribution in [2.75, 3.05) is 29.1 Å². The Kier molecular flexibility index (Phi) is 9.29. The van der Waals surface area contributed by atoms with Gasteiger partial charge < -0.3 is 14.7 Å². The number of carbonyl (C=O) groups is 1. The molecule has 0 bridgehead atoms. The molecule has 1 fully saturated rings. The van der Waals surface area contributed by atoms with E-state index in [1.807, 2.05) is 0 Å². The smallest absolute Gasteiger partial charge is 0.353 e. The molecule has 1 aromatic heterocycles. The van der Waals surface area contributed by atoms with Crippen molar-refractivity contribution >= 4 is 50.3 Å². The first-order valence-electron chi connectivity index (χ1n) is 13.9. The Morgan fingerprint density at radius 3 is 2.09 bits per heavy atom. The average Bonchev–Trinajstić information content (AvgIpc) is 3.61. The van der Waals surface area contributed by atoms with Crippen LogP contribution in [-0.2, 0) is 26.2 Å². The molecule has 1 N–H and O–H groups in total. The minimum absolute atomic E-state index is 0.0128. The highest BCUT2D eigenvalue weighted by atomic mass is 35.5. The quantitative estimate of drug-likeness (QED) is 0.166. The van der Waals surface area contributed by atoms with Crippen molar-refractivity contribution in [1.82, 2.24) is 10.1 Å². The van der Waals surface area contributed by atoms with Gasteiger partial charge in [-0.1, -0.05) is 35.3 Å². The number of halogens is 8. The average molecular weight is 722 g/mol. The Hall–Kier alpha value is -3.82. The molecule has 1 amide bonds. The van der Waals surface area contributed by atoms with E-state index < -0.39 is 52.2 Å². The summed E-state index contributed by atoms with van der Waals surface area (Å²) in [6.45, 7) is -0.786. The van der Waals surface area contributed by atoms with Crippen LogP contribution in [0.2, 0.25) is 10.0 Å². The third-order valence-corrected chi connectivity index (χ3v) is 9.86. The summed E-state index contributed by atoms with van der Waals surface area (Å²) in [4.78, 5) is 18.0. The molecule has 1 aliphatic rings. The molecular weight excluding hydrogens is 697 g/mol. The van der Waals surface area contributed by atoms with Gasteiger partial charge >= 0.3 is 12.4 Å². The number of nitrogens with one attached hydrogen (secondary N) is 1. The van der Waals surface area contributed by atoms with Crippen molar-refractivity contribution in [3.8, 4) is 11.5 Å². The highest BCUT2D eigenvalue weighted by Gasteiger charge is 2.52. The zero-order valence-corrected chi connectivity index (χ0v) is 26.5. The maximum absolute atomic E-state index is 13.4. The summed E-state index contributed by atoms with van der Waals surface area (Å²) >= 11 is 13.2. The largest absolute Gasteiger partial charge is 0.416 e. The number of anilines is 2. The molecule has 1 aliphatic carbocycles. The summed E-state index contributed by atoms with van der Waals surface area (Å²) in [5.74, 6) is -0.833. The number of aromatic nitrogens is 2. The molecule has 0 unspecified atom stereocenters. The molecule has 0 saturated heterocycles. The molecule has 4 aromatic rings. The summed E-state index contributed by atoms with van der Waals surface area (Å²) in [5.41, 5.74) is -0.948. The van der Waals surface area contributed by atoms with E-state index in [1.54, 1.807) is 0 Å². The maximum Gasteiger partial charge on any atom is 0.416 e. The lowest BCUT2D eigenvalue weighted by molar-refractivity contribution is -0.137. The minimum atomic E-state index is -4.68. The topological polar surface area (TPSA) is 105 Å². The molecule has 0 radical (unpaired) electrons. The molecule has 17 heteroatoms. The number of benzene rings is 3.